The fraction of sp³-hybridized carbons (Fsp3) is 0.286. The highest BCUT2D eigenvalue weighted by Crippen LogP contribution is 2.11. The fourth-order valence-electron chi connectivity index (χ4n) is 1.70. The van der Waals surface area contributed by atoms with Gasteiger partial charge in [0.05, 0.1) is 0 Å². The summed E-state index contributed by atoms with van der Waals surface area (Å²) in [7, 11) is 0. The van der Waals surface area contributed by atoms with E-state index < -0.39 is 0 Å². The van der Waals surface area contributed by atoms with Crippen molar-refractivity contribution in [2.45, 2.75) is 26.3 Å². The second-order valence-corrected chi connectivity index (χ2v) is 4.05. The van der Waals surface area contributed by atoms with E-state index in [1.807, 2.05) is 12.4 Å². The van der Waals surface area contributed by atoms with E-state index in [4.69, 9.17) is 0 Å². The molecule has 2 aromatic rings. The molecular formula is C14H17N3. The Hall–Kier alpha value is -1.90. The highest BCUT2D eigenvalue weighted by molar-refractivity contribution is 5.44. The van der Waals surface area contributed by atoms with Crippen molar-refractivity contribution in [3.8, 4) is 0 Å². The van der Waals surface area contributed by atoms with E-state index in [9.17, 15) is 0 Å². The molecular weight excluding hydrogens is 210 g/mol. The van der Waals surface area contributed by atoms with Crippen molar-refractivity contribution in [3.05, 3.63) is 54.1 Å². The third-order valence-electron chi connectivity index (χ3n) is 2.60. The Labute approximate surface area is 102 Å². The quantitative estimate of drug-likeness (QED) is 0.853. The SMILES string of the molecule is CCCc1ccc(NCc2cncnc2)cc1. The van der Waals surface area contributed by atoms with Crippen LogP contribution in [0.3, 0.4) is 0 Å². The lowest BCUT2D eigenvalue weighted by atomic mass is 10.1. The van der Waals surface area contributed by atoms with Crippen LogP contribution in [-0.2, 0) is 13.0 Å². The smallest absolute Gasteiger partial charge is 0.115 e. The molecule has 3 heteroatoms. The number of nitrogens with zero attached hydrogens (tertiary/aromatic N) is 2. The van der Waals surface area contributed by atoms with Crippen LogP contribution >= 0.6 is 0 Å². The van der Waals surface area contributed by atoms with E-state index in [1.165, 1.54) is 12.0 Å². The zero-order valence-electron chi connectivity index (χ0n) is 10.1. The molecule has 0 unspecified atom stereocenters. The van der Waals surface area contributed by atoms with Gasteiger partial charge in [0.15, 0.2) is 0 Å². The van der Waals surface area contributed by atoms with Crippen molar-refractivity contribution in [3.63, 3.8) is 0 Å². The average Bonchev–Trinajstić information content (AvgIpc) is 2.40. The molecule has 0 radical (unpaired) electrons. The first-order valence-corrected chi connectivity index (χ1v) is 5.95. The Bertz CT molecular complexity index is 437. The number of rotatable bonds is 5. The average molecular weight is 227 g/mol. The van der Waals surface area contributed by atoms with Crippen molar-refractivity contribution in [2.75, 3.05) is 5.32 Å². The van der Waals surface area contributed by atoms with Gasteiger partial charge in [-0.05, 0) is 24.1 Å². The summed E-state index contributed by atoms with van der Waals surface area (Å²) in [5.41, 5.74) is 3.61. The first-order valence-electron chi connectivity index (χ1n) is 5.95. The molecule has 2 rings (SSSR count). The van der Waals surface area contributed by atoms with E-state index in [0.717, 1.165) is 24.2 Å². The molecule has 1 aromatic carbocycles. The van der Waals surface area contributed by atoms with Crippen LogP contribution in [0.15, 0.2) is 43.0 Å². The van der Waals surface area contributed by atoms with Gasteiger partial charge in [0, 0.05) is 30.2 Å². The maximum absolute atomic E-state index is 3.98. The minimum absolute atomic E-state index is 0.758. The first-order chi connectivity index (χ1) is 8.38. The first kappa shape index (κ1) is 11.6. The zero-order valence-corrected chi connectivity index (χ0v) is 10.1. The van der Waals surface area contributed by atoms with Crippen LogP contribution in [-0.4, -0.2) is 9.97 Å². The molecule has 0 fully saturated rings. The van der Waals surface area contributed by atoms with Crippen molar-refractivity contribution in [1.29, 1.82) is 0 Å². The fourth-order valence-corrected chi connectivity index (χ4v) is 1.70. The lowest BCUT2D eigenvalue weighted by Gasteiger charge is -2.06. The molecule has 0 amide bonds. The topological polar surface area (TPSA) is 37.8 Å². The summed E-state index contributed by atoms with van der Waals surface area (Å²) in [6.45, 7) is 2.95. The van der Waals surface area contributed by atoms with Crippen LogP contribution in [0.5, 0.6) is 0 Å². The summed E-state index contributed by atoms with van der Waals surface area (Å²) >= 11 is 0. The third-order valence-corrected chi connectivity index (χ3v) is 2.60. The summed E-state index contributed by atoms with van der Waals surface area (Å²) in [5.74, 6) is 0. The van der Waals surface area contributed by atoms with Crippen molar-refractivity contribution in [2.24, 2.45) is 0 Å². The second-order valence-electron chi connectivity index (χ2n) is 4.05. The van der Waals surface area contributed by atoms with Crippen LogP contribution in [0, 0.1) is 0 Å². The molecule has 0 spiro atoms. The van der Waals surface area contributed by atoms with Crippen LogP contribution in [0.1, 0.15) is 24.5 Å². The normalized spacial score (nSPS) is 10.2. The van der Waals surface area contributed by atoms with E-state index >= 15 is 0 Å². The van der Waals surface area contributed by atoms with Gasteiger partial charge in [0.25, 0.3) is 0 Å². The highest BCUT2D eigenvalue weighted by atomic mass is 14.9. The van der Waals surface area contributed by atoms with Gasteiger partial charge in [0.2, 0.25) is 0 Å². The predicted molar refractivity (Wildman–Crippen MR) is 69.8 cm³/mol. The molecule has 1 heterocycles. The number of aryl methyl sites for hydroxylation is 1. The standard InChI is InChI=1S/C14H17N3/c1-2-3-12-4-6-14(7-5-12)17-10-13-8-15-11-16-9-13/h4-9,11,17H,2-3,10H2,1H3. The van der Waals surface area contributed by atoms with Crippen molar-refractivity contribution in [1.82, 2.24) is 9.97 Å². The molecule has 0 bridgehead atoms. The van der Waals surface area contributed by atoms with Gasteiger partial charge in [-0.2, -0.15) is 0 Å². The van der Waals surface area contributed by atoms with Gasteiger partial charge in [-0.1, -0.05) is 25.5 Å². The summed E-state index contributed by atoms with van der Waals surface area (Å²) in [6.07, 6.45) is 7.53. The molecule has 88 valence electrons. The molecule has 17 heavy (non-hydrogen) atoms. The van der Waals surface area contributed by atoms with Crippen molar-refractivity contribution < 1.29 is 0 Å². The molecule has 0 saturated carbocycles. The number of nitrogens with one attached hydrogen (secondary N) is 1. The summed E-state index contributed by atoms with van der Waals surface area (Å²) in [5, 5.41) is 3.35. The summed E-state index contributed by atoms with van der Waals surface area (Å²) in [4.78, 5) is 7.97. The molecule has 0 aliphatic carbocycles. The minimum atomic E-state index is 0.758. The van der Waals surface area contributed by atoms with Gasteiger partial charge in [0.1, 0.15) is 6.33 Å². The molecule has 0 aliphatic rings. The Kier molecular flexibility index (Phi) is 4.08. The lowest BCUT2D eigenvalue weighted by molar-refractivity contribution is 0.922. The lowest BCUT2D eigenvalue weighted by Crippen LogP contribution is -2.00. The molecule has 1 aromatic heterocycles. The minimum Gasteiger partial charge on any atom is -0.381 e. The highest BCUT2D eigenvalue weighted by Gasteiger charge is 1.95. The summed E-state index contributed by atoms with van der Waals surface area (Å²) < 4.78 is 0. The van der Waals surface area contributed by atoms with Crippen LogP contribution in [0.25, 0.3) is 0 Å². The van der Waals surface area contributed by atoms with E-state index in [0.29, 0.717) is 0 Å². The van der Waals surface area contributed by atoms with Gasteiger partial charge >= 0.3 is 0 Å². The zero-order chi connectivity index (χ0) is 11.9. The van der Waals surface area contributed by atoms with Crippen molar-refractivity contribution >= 4 is 5.69 Å². The van der Waals surface area contributed by atoms with Gasteiger partial charge in [-0.3, -0.25) is 0 Å². The summed E-state index contributed by atoms with van der Waals surface area (Å²) in [6, 6.07) is 8.59. The maximum Gasteiger partial charge on any atom is 0.115 e. The Balaban J connectivity index is 1.91. The molecule has 3 nitrogen and oxygen atoms in total. The Morgan fingerprint density at radius 3 is 2.35 bits per heavy atom. The molecule has 0 aliphatic heterocycles. The predicted octanol–water partition coefficient (Wildman–Crippen LogP) is 3.04. The largest absolute Gasteiger partial charge is 0.381 e. The number of aromatic nitrogens is 2. The Morgan fingerprint density at radius 1 is 1.00 bits per heavy atom. The van der Waals surface area contributed by atoms with Gasteiger partial charge in [-0.15, -0.1) is 0 Å². The molecule has 1 N–H and O–H groups in total. The number of anilines is 1. The van der Waals surface area contributed by atoms with Crippen LogP contribution in [0.4, 0.5) is 5.69 Å². The third kappa shape index (κ3) is 3.55. The van der Waals surface area contributed by atoms with Crippen LogP contribution < -0.4 is 5.32 Å². The maximum atomic E-state index is 3.98. The number of benzene rings is 1. The molecule has 0 saturated heterocycles. The van der Waals surface area contributed by atoms with E-state index in [1.54, 1.807) is 6.33 Å². The number of hydrogen-bond donors (Lipinski definition) is 1. The van der Waals surface area contributed by atoms with Crippen LogP contribution in [0.2, 0.25) is 0 Å². The van der Waals surface area contributed by atoms with Gasteiger partial charge < -0.3 is 5.32 Å². The molecule has 0 atom stereocenters. The van der Waals surface area contributed by atoms with E-state index in [2.05, 4.69) is 46.5 Å². The monoisotopic (exact) mass is 227 g/mol. The second kappa shape index (κ2) is 5.99. The number of hydrogen-bond acceptors (Lipinski definition) is 3. The van der Waals surface area contributed by atoms with Gasteiger partial charge in [-0.25, -0.2) is 9.97 Å². The Morgan fingerprint density at radius 2 is 1.71 bits per heavy atom. The van der Waals surface area contributed by atoms with E-state index in [-0.39, 0.29) is 0 Å².